The number of carboxylic acids is 1. The minimum Gasteiger partial charge on any atom is -0.496 e. The zero-order chi connectivity index (χ0) is 14.0. The molecule has 0 aliphatic rings. The van der Waals surface area contributed by atoms with Crippen LogP contribution in [-0.4, -0.2) is 25.3 Å². The van der Waals surface area contributed by atoms with E-state index in [-0.39, 0.29) is 12.0 Å². The average Bonchev–Trinajstić information content (AvgIpc) is 2.35. The SMILES string of the molecule is COc1cc(OC)c2c(CC(=O)O)cc(=O)oc2c1. The molecule has 0 aliphatic carbocycles. The van der Waals surface area contributed by atoms with Gasteiger partial charge >= 0.3 is 11.6 Å². The third-order valence-electron chi connectivity index (χ3n) is 2.66. The Balaban J connectivity index is 2.81. The zero-order valence-electron chi connectivity index (χ0n) is 10.4. The van der Waals surface area contributed by atoms with Crippen LogP contribution < -0.4 is 15.1 Å². The number of benzene rings is 1. The van der Waals surface area contributed by atoms with Crippen LogP contribution in [0.3, 0.4) is 0 Å². The summed E-state index contributed by atoms with van der Waals surface area (Å²) in [5.41, 5.74) is -0.0303. The number of aliphatic carboxylic acids is 1. The van der Waals surface area contributed by atoms with E-state index in [1.807, 2.05) is 0 Å². The van der Waals surface area contributed by atoms with E-state index >= 15 is 0 Å². The molecule has 0 saturated heterocycles. The van der Waals surface area contributed by atoms with Crippen LogP contribution in [0.15, 0.2) is 27.4 Å². The van der Waals surface area contributed by atoms with Crippen molar-refractivity contribution in [3.63, 3.8) is 0 Å². The van der Waals surface area contributed by atoms with Gasteiger partial charge in [-0.3, -0.25) is 4.79 Å². The van der Waals surface area contributed by atoms with Crippen LogP contribution in [0.4, 0.5) is 0 Å². The summed E-state index contributed by atoms with van der Waals surface area (Å²) in [5.74, 6) is -0.181. The lowest BCUT2D eigenvalue weighted by atomic mass is 10.1. The summed E-state index contributed by atoms with van der Waals surface area (Å²) in [4.78, 5) is 22.3. The normalized spacial score (nSPS) is 10.4. The summed E-state index contributed by atoms with van der Waals surface area (Å²) in [7, 11) is 2.92. The van der Waals surface area contributed by atoms with E-state index in [9.17, 15) is 9.59 Å². The second-order valence-electron chi connectivity index (χ2n) is 3.86. The number of methoxy groups -OCH3 is 2. The maximum absolute atomic E-state index is 11.4. The molecule has 0 radical (unpaired) electrons. The maximum Gasteiger partial charge on any atom is 0.336 e. The van der Waals surface area contributed by atoms with Gasteiger partial charge in [0.1, 0.15) is 17.1 Å². The fourth-order valence-electron chi connectivity index (χ4n) is 1.90. The first-order chi connectivity index (χ1) is 9.05. The number of hydrogen-bond acceptors (Lipinski definition) is 5. The molecular formula is C13H12O6. The highest BCUT2D eigenvalue weighted by Gasteiger charge is 2.15. The van der Waals surface area contributed by atoms with Gasteiger partial charge in [0.15, 0.2) is 0 Å². The van der Waals surface area contributed by atoms with Crippen LogP contribution in [0.5, 0.6) is 11.5 Å². The topological polar surface area (TPSA) is 86.0 Å². The average molecular weight is 264 g/mol. The van der Waals surface area contributed by atoms with Gasteiger partial charge in [0, 0.05) is 18.2 Å². The molecule has 1 heterocycles. The van der Waals surface area contributed by atoms with Gasteiger partial charge in [0.2, 0.25) is 0 Å². The Hall–Kier alpha value is -2.50. The molecule has 100 valence electrons. The van der Waals surface area contributed by atoms with Gasteiger partial charge < -0.3 is 19.0 Å². The molecule has 0 bridgehead atoms. The summed E-state index contributed by atoms with van der Waals surface area (Å²) >= 11 is 0. The Bertz CT molecular complexity index is 685. The lowest BCUT2D eigenvalue weighted by Crippen LogP contribution is -2.07. The van der Waals surface area contributed by atoms with E-state index in [0.717, 1.165) is 6.07 Å². The second-order valence-corrected chi connectivity index (χ2v) is 3.86. The fourth-order valence-corrected chi connectivity index (χ4v) is 1.90. The highest BCUT2D eigenvalue weighted by molar-refractivity contribution is 5.90. The van der Waals surface area contributed by atoms with Crippen molar-refractivity contribution < 1.29 is 23.8 Å². The van der Waals surface area contributed by atoms with Crippen molar-refractivity contribution in [2.75, 3.05) is 14.2 Å². The van der Waals surface area contributed by atoms with Gasteiger partial charge in [-0.25, -0.2) is 4.79 Å². The molecule has 0 amide bonds. The van der Waals surface area contributed by atoms with Crippen molar-refractivity contribution in [1.29, 1.82) is 0 Å². The minimum atomic E-state index is -1.04. The van der Waals surface area contributed by atoms with E-state index < -0.39 is 11.6 Å². The third-order valence-corrected chi connectivity index (χ3v) is 2.66. The molecular weight excluding hydrogens is 252 g/mol. The molecule has 2 rings (SSSR count). The van der Waals surface area contributed by atoms with Crippen LogP contribution in [0.2, 0.25) is 0 Å². The molecule has 1 aromatic heterocycles. The second kappa shape index (κ2) is 5.01. The molecule has 19 heavy (non-hydrogen) atoms. The summed E-state index contributed by atoms with van der Waals surface area (Å²) in [6.07, 6.45) is -0.287. The van der Waals surface area contributed by atoms with Gasteiger partial charge in [-0.15, -0.1) is 0 Å². The molecule has 0 spiro atoms. The molecule has 2 aromatic rings. The number of rotatable bonds is 4. The molecule has 0 unspecified atom stereocenters. The van der Waals surface area contributed by atoms with Gasteiger partial charge in [-0.05, 0) is 5.56 Å². The molecule has 1 aromatic carbocycles. The first-order valence-corrected chi connectivity index (χ1v) is 5.45. The highest BCUT2D eigenvalue weighted by atomic mass is 16.5. The van der Waals surface area contributed by atoms with Gasteiger partial charge in [-0.1, -0.05) is 0 Å². The van der Waals surface area contributed by atoms with Crippen molar-refractivity contribution >= 4 is 16.9 Å². The van der Waals surface area contributed by atoms with Crippen molar-refractivity contribution in [3.8, 4) is 11.5 Å². The Labute approximate surface area is 108 Å². The van der Waals surface area contributed by atoms with Gasteiger partial charge in [0.25, 0.3) is 0 Å². The predicted octanol–water partition coefficient (Wildman–Crippen LogP) is 1.44. The third kappa shape index (κ3) is 2.52. The highest BCUT2D eigenvalue weighted by Crippen LogP contribution is 2.32. The molecule has 6 heteroatoms. The van der Waals surface area contributed by atoms with Gasteiger partial charge in [0.05, 0.1) is 26.0 Å². The Kier molecular flexibility index (Phi) is 3.41. The van der Waals surface area contributed by atoms with Crippen LogP contribution in [0.1, 0.15) is 5.56 Å². The molecule has 0 aliphatic heterocycles. The molecule has 6 nitrogen and oxygen atoms in total. The van der Waals surface area contributed by atoms with E-state index in [1.54, 1.807) is 6.07 Å². The molecule has 0 fully saturated rings. The number of hydrogen-bond donors (Lipinski definition) is 1. The first-order valence-electron chi connectivity index (χ1n) is 5.45. The maximum atomic E-state index is 11.4. The van der Waals surface area contributed by atoms with Crippen LogP contribution in [0, 0.1) is 0 Å². The largest absolute Gasteiger partial charge is 0.496 e. The zero-order valence-corrected chi connectivity index (χ0v) is 10.4. The molecule has 1 N–H and O–H groups in total. The molecule has 0 atom stereocenters. The molecule has 0 saturated carbocycles. The smallest absolute Gasteiger partial charge is 0.336 e. The first kappa shape index (κ1) is 12.9. The van der Waals surface area contributed by atoms with Crippen LogP contribution >= 0.6 is 0 Å². The summed E-state index contributed by atoms with van der Waals surface area (Å²) in [6, 6.07) is 4.28. The lowest BCUT2D eigenvalue weighted by molar-refractivity contribution is -0.136. The van der Waals surface area contributed by atoms with E-state index in [2.05, 4.69) is 0 Å². The van der Waals surface area contributed by atoms with Crippen molar-refractivity contribution in [2.45, 2.75) is 6.42 Å². The fraction of sp³-hybridized carbons (Fsp3) is 0.231. The summed E-state index contributed by atoms with van der Waals surface area (Å²) < 4.78 is 15.3. The van der Waals surface area contributed by atoms with E-state index in [4.69, 9.17) is 19.0 Å². The predicted molar refractivity (Wildman–Crippen MR) is 66.9 cm³/mol. The Morgan fingerprint density at radius 3 is 2.58 bits per heavy atom. The summed E-state index contributed by atoms with van der Waals surface area (Å²) in [6.45, 7) is 0. The van der Waals surface area contributed by atoms with E-state index in [1.165, 1.54) is 20.3 Å². The minimum absolute atomic E-state index is 0.236. The summed E-state index contributed by atoms with van der Waals surface area (Å²) in [5, 5.41) is 9.35. The number of fused-ring (bicyclic) bond motifs is 1. The Morgan fingerprint density at radius 2 is 2.00 bits per heavy atom. The van der Waals surface area contributed by atoms with Crippen molar-refractivity contribution in [2.24, 2.45) is 0 Å². The van der Waals surface area contributed by atoms with Crippen molar-refractivity contribution in [3.05, 3.63) is 34.2 Å². The van der Waals surface area contributed by atoms with Crippen LogP contribution in [-0.2, 0) is 11.2 Å². The standard InChI is InChI=1S/C13H12O6/c1-17-8-5-9(18-2)13-7(3-11(14)15)4-12(16)19-10(13)6-8/h4-6H,3H2,1-2H3,(H,14,15). The number of ether oxygens (including phenoxy) is 2. The quantitative estimate of drug-likeness (QED) is 0.841. The lowest BCUT2D eigenvalue weighted by Gasteiger charge is -2.10. The monoisotopic (exact) mass is 264 g/mol. The van der Waals surface area contributed by atoms with Gasteiger partial charge in [-0.2, -0.15) is 0 Å². The Morgan fingerprint density at radius 1 is 1.26 bits per heavy atom. The number of carboxylic acid groups (broad SMARTS) is 1. The van der Waals surface area contributed by atoms with E-state index in [0.29, 0.717) is 22.4 Å². The van der Waals surface area contributed by atoms with Crippen molar-refractivity contribution in [1.82, 2.24) is 0 Å². The number of carbonyl (C=O) groups is 1. The van der Waals surface area contributed by atoms with Crippen LogP contribution in [0.25, 0.3) is 11.0 Å².